The van der Waals surface area contributed by atoms with E-state index in [2.05, 4.69) is 17.3 Å². The summed E-state index contributed by atoms with van der Waals surface area (Å²) in [6, 6.07) is 10.2. The Labute approximate surface area is 152 Å². The quantitative estimate of drug-likeness (QED) is 0.910. The average molecular weight is 356 g/mol. The van der Waals surface area contributed by atoms with Crippen LogP contribution in [0.3, 0.4) is 0 Å². The number of nitrogens with zero attached hydrogens (tertiary/aromatic N) is 2. The van der Waals surface area contributed by atoms with Crippen LogP contribution < -0.4 is 0 Å². The molecule has 1 N–H and O–H groups in total. The topological polar surface area (TPSA) is 75.8 Å². The van der Waals surface area contributed by atoms with E-state index in [1.165, 1.54) is 5.56 Å². The van der Waals surface area contributed by atoms with Gasteiger partial charge in [-0.1, -0.05) is 35.5 Å². The van der Waals surface area contributed by atoms with Crippen molar-refractivity contribution in [1.29, 1.82) is 0 Å². The maximum Gasteiger partial charge on any atom is 0.227 e. The zero-order valence-electron chi connectivity index (χ0n) is 15.1. The first-order valence-electron chi connectivity index (χ1n) is 9.05. The van der Waals surface area contributed by atoms with Crippen molar-refractivity contribution >= 4 is 5.91 Å². The second-order valence-electron chi connectivity index (χ2n) is 7.46. The normalized spacial score (nSPS) is 28.2. The number of rotatable bonds is 3. The lowest BCUT2D eigenvalue weighted by Crippen LogP contribution is -2.41. The molecule has 138 valence electrons. The number of aliphatic hydroxyl groups excluding tert-OH is 1. The molecule has 0 saturated carbocycles. The summed E-state index contributed by atoms with van der Waals surface area (Å²) in [7, 11) is 0. The van der Waals surface area contributed by atoms with Crippen LogP contribution in [0.15, 0.2) is 34.9 Å². The van der Waals surface area contributed by atoms with Crippen LogP contribution in [0.2, 0.25) is 0 Å². The van der Waals surface area contributed by atoms with Crippen LogP contribution in [0.1, 0.15) is 34.9 Å². The van der Waals surface area contributed by atoms with E-state index in [9.17, 15) is 9.90 Å². The molecule has 3 atom stereocenters. The third-order valence-corrected chi connectivity index (χ3v) is 5.76. The van der Waals surface area contributed by atoms with Gasteiger partial charge in [-0.3, -0.25) is 4.79 Å². The van der Waals surface area contributed by atoms with Gasteiger partial charge in [0.15, 0.2) is 0 Å². The zero-order valence-corrected chi connectivity index (χ0v) is 15.1. The SMILES string of the molecule is Cc1noc(C)c1CC(=O)N1C[C@@H](O)[C@@]2(C[C@H](c3ccccc3)CO2)C1. The molecular formula is C20H24N2O4. The van der Waals surface area contributed by atoms with E-state index in [4.69, 9.17) is 9.26 Å². The van der Waals surface area contributed by atoms with Crippen LogP contribution in [0.4, 0.5) is 0 Å². The van der Waals surface area contributed by atoms with Gasteiger partial charge < -0.3 is 19.3 Å². The predicted molar refractivity (Wildman–Crippen MR) is 94.8 cm³/mol. The summed E-state index contributed by atoms with van der Waals surface area (Å²) in [4.78, 5) is 14.5. The summed E-state index contributed by atoms with van der Waals surface area (Å²) < 4.78 is 11.2. The van der Waals surface area contributed by atoms with Crippen molar-refractivity contribution in [2.24, 2.45) is 0 Å². The Kier molecular flexibility index (Phi) is 4.32. The minimum Gasteiger partial charge on any atom is -0.388 e. The molecule has 0 bridgehead atoms. The van der Waals surface area contributed by atoms with Crippen LogP contribution in [-0.2, 0) is 16.0 Å². The zero-order chi connectivity index (χ0) is 18.3. The molecule has 1 aromatic carbocycles. The fourth-order valence-electron chi connectivity index (χ4n) is 4.16. The Morgan fingerprint density at radius 3 is 2.81 bits per heavy atom. The molecule has 0 radical (unpaired) electrons. The Hall–Kier alpha value is -2.18. The molecule has 2 aromatic rings. The van der Waals surface area contributed by atoms with E-state index in [-0.39, 0.29) is 18.2 Å². The Morgan fingerprint density at radius 2 is 2.12 bits per heavy atom. The van der Waals surface area contributed by atoms with Gasteiger partial charge in [-0.15, -0.1) is 0 Å². The number of aryl methyl sites for hydroxylation is 2. The van der Waals surface area contributed by atoms with Crippen LogP contribution in [0, 0.1) is 13.8 Å². The first kappa shape index (κ1) is 17.2. The predicted octanol–water partition coefficient (Wildman–Crippen LogP) is 1.98. The van der Waals surface area contributed by atoms with Gasteiger partial charge in [0.25, 0.3) is 0 Å². The van der Waals surface area contributed by atoms with Gasteiger partial charge in [-0.25, -0.2) is 0 Å². The smallest absolute Gasteiger partial charge is 0.227 e. The lowest BCUT2D eigenvalue weighted by Gasteiger charge is -2.26. The van der Waals surface area contributed by atoms with E-state index in [1.54, 1.807) is 4.90 Å². The molecule has 1 spiro atoms. The molecule has 3 heterocycles. The molecule has 2 aliphatic rings. The molecule has 6 heteroatoms. The monoisotopic (exact) mass is 356 g/mol. The summed E-state index contributed by atoms with van der Waals surface area (Å²) in [6.07, 6.45) is 0.309. The highest BCUT2D eigenvalue weighted by Gasteiger charge is 2.53. The van der Waals surface area contributed by atoms with Crippen LogP contribution >= 0.6 is 0 Å². The molecule has 2 saturated heterocycles. The largest absolute Gasteiger partial charge is 0.388 e. The average Bonchev–Trinajstić information content (AvgIpc) is 3.31. The molecule has 0 aliphatic carbocycles. The summed E-state index contributed by atoms with van der Waals surface area (Å²) in [5.74, 6) is 0.900. The van der Waals surface area contributed by atoms with E-state index in [0.29, 0.717) is 25.5 Å². The molecule has 6 nitrogen and oxygen atoms in total. The number of β-amino-alcohol motifs (C(OH)–C–C–N with tert-alkyl or cyclic N) is 1. The number of likely N-dealkylation sites (tertiary alicyclic amines) is 1. The minimum absolute atomic E-state index is 0.0258. The maximum absolute atomic E-state index is 12.7. The van der Waals surface area contributed by atoms with Gasteiger partial charge >= 0.3 is 0 Å². The van der Waals surface area contributed by atoms with E-state index in [1.807, 2.05) is 32.0 Å². The Bertz CT molecular complexity index is 784. The number of carbonyl (C=O) groups is 1. The summed E-state index contributed by atoms with van der Waals surface area (Å²) in [5, 5.41) is 14.6. The highest BCUT2D eigenvalue weighted by atomic mass is 16.5. The van der Waals surface area contributed by atoms with Crippen molar-refractivity contribution in [3.8, 4) is 0 Å². The van der Waals surface area contributed by atoms with Crippen molar-refractivity contribution in [1.82, 2.24) is 10.1 Å². The fourth-order valence-corrected chi connectivity index (χ4v) is 4.16. The fraction of sp³-hybridized carbons (Fsp3) is 0.500. The van der Waals surface area contributed by atoms with E-state index >= 15 is 0 Å². The van der Waals surface area contributed by atoms with Gasteiger partial charge in [0, 0.05) is 18.0 Å². The Balaban J connectivity index is 1.45. The number of carbonyl (C=O) groups excluding carboxylic acids is 1. The first-order valence-corrected chi connectivity index (χ1v) is 9.05. The van der Waals surface area contributed by atoms with Crippen molar-refractivity contribution < 1.29 is 19.2 Å². The number of aliphatic hydroxyl groups is 1. The summed E-state index contributed by atoms with van der Waals surface area (Å²) in [5.41, 5.74) is 2.14. The highest BCUT2D eigenvalue weighted by molar-refractivity contribution is 5.79. The second kappa shape index (κ2) is 6.52. The third kappa shape index (κ3) is 2.93. The van der Waals surface area contributed by atoms with Gasteiger partial charge in [0.2, 0.25) is 5.91 Å². The number of amides is 1. The number of hydrogen-bond acceptors (Lipinski definition) is 5. The van der Waals surface area contributed by atoms with Crippen molar-refractivity contribution in [3.05, 3.63) is 52.9 Å². The number of ether oxygens (including phenoxy) is 1. The number of hydrogen-bond donors (Lipinski definition) is 1. The highest BCUT2D eigenvalue weighted by Crippen LogP contribution is 2.42. The molecule has 4 rings (SSSR count). The third-order valence-electron chi connectivity index (χ3n) is 5.76. The molecule has 1 amide bonds. The van der Waals surface area contributed by atoms with Gasteiger partial charge in [0.05, 0.1) is 25.3 Å². The van der Waals surface area contributed by atoms with Gasteiger partial charge in [-0.2, -0.15) is 0 Å². The van der Waals surface area contributed by atoms with Gasteiger partial charge in [0.1, 0.15) is 17.5 Å². The van der Waals surface area contributed by atoms with Gasteiger partial charge in [-0.05, 0) is 25.8 Å². The summed E-state index contributed by atoms with van der Waals surface area (Å²) in [6.45, 7) is 4.97. The molecule has 0 unspecified atom stereocenters. The van der Waals surface area contributed by atoms with E-state index < -0.39 is 11.7 Å². The van der Waals surface area contributed by atoms with Crippen molar-refractivity contribution in [3.63, 3.8) is 0 Å². The molecule has 2 aliphatic heterocycles. The van der Waals surface area contributed by atoms with Crippen molar-refractivity contribution in [2.45, 2.75) is 44.3 Å². The van der Waals surface area contributed by atoms with E-state index in [0.717, 1.165) is 17.7 Å². The van der Waals surface area contributed by atoms with Crippen LogP contribution in [-0.4, -0.2) is 52.5 Å². The van der Waals surface area contributed by atoms with Crippen LogP contribution in [0.5, 0.6) is 0 Å². The lowest BCUT2D eigenvalue weighted by molar-refractivity contribution is -0.130. The Morgan fingerprint density at radius 1 is 1.35 bits per heavy atom. The molecular weight excluding hydrogens is 332 g/mol. The number of benzene rings is 1. The molecule has 2 fully saturated rings. The standard InChI is InChI=1S/C20H24N2O4/c1-13-17(14(2)26-21-13)8-19(24)22-10-18(23)20(12-22)9-16(11-25-20)15-6-4-3-5-7-15/h3-7,16,18,23H,8-12H2,1-2H3/t16-,18+,20+/m0/s1. The van der Waals surface area contributed by atoms with Crippen molar-refractivity contribution in [2.75, 3.05) is 19.7 Å². The number of aromatic nitrogens is 1. The second-order valence-corrected chi connectivity index (χ2v) is 7.46. The maximum atomic E-state index is 12.7. The van der Waals surface area contributed by atoms with Crippen LogP contribution in [0.25, 0.3) is 0 Å². The summed E-state index contributed by atoms with van der Waals surface area (Å²) >= 11 is 0. The lowest BCUT2D eigenvalue weighted by atomic mass is 9.87. The first-order chi connectivity index (χ1) is 12.5. The molecule has 1 aromatic heterocycles. The molecule has 26 heavy (non-hydrogen) atoms. The minimum atomic E-state index is -0.662.